The van der Waals surface area contributed by atoms with Crippen LogP contribution in [0.3, 0.4) is 0 Å². The van der Waals surface area contributed by atoms with Gasteiger partial charge in [0.15, 0.2) is 0 Å². The zero-order valence-electron chi connectivity index (χ0n) is 16.5. The van der Waals surface area contributed by atoms with E-state index in [1.54, 1.807) is 36.4 Å². The Morgan fingerprint density at radius 1 is 0.969 bits per heavy atom. The largest absolute Gasteiger partial charge is 0.353 e. The molecule has 4 aromatic rings. The first-order valence-electron chi connectivity index (χ1n) is 9.48. The van der Waals surface area contributed by atoms with E-state index in [1.165, 1.54) is 35.2 Å². The van der Waals surface area contributed by atoms with E-state index in [4.69, 9.17) is 0 Å². The second-order valence-electron chi connectivity index (χ2n) is 6.62. The molecular weight excluding hydrogens is 442 g/mol. The van der Waals surface area contributed by atoms with Crippen molar-refractivity contribution in [3.05, 3.63) is 111 Å². The number of carbonyl (C=O) groups excluding carboxylic acids is 1. The third-order valence-electron chi connectivity index (χ3n) is 4.53. The lowest BCUT2D eigenvalue weighted by molar-refractivity contribution is -0.384. The van der Waals surface area contributed by atoms with Crippen molar-refractivity contribution in [2.45, 2.75) is 9.10 Å². The van der Waals surface area contributed by atoms with Gasteiger partial charge in [-0.15, -0.1) is 11.3 Å². The van der Waals surface area contributed by atoms with Crippen LogP contribution >= 0.6 is 23.1 Å². The summed E-state index contributed by atoms with van der Waals surface area (Å²) in [6.45, 7) is 0. The van der Waals surface area contributed by atoms with Gasteiger partial charge in [0.05, 0.1) is 14.8 Å². The average Bonchev–Trinajstić information content (AvgIpc) is 3.16. The molecule has 8 heteroatoms. The van der Waals surface area contributed by atoms with Crippen molar-refractivity contribution in [3.8, 4) is 6.07 Å². The minimum absolute atomic E-state index is 0.0396. The lowest BCUT2D eigenvalue weighted by Gasteiger charge is -2.08. The molecule has 0 fully saturated rings. The third kappa shape index (κ3) is 4.54. The molecule has 1 heterocycles. The van der Waals surface area contributed by atoms with Gasteiger partial charge in [0.1, 0.15) is 16.5 Å². The highest BCUT2D eigenvalue weighted by Crippen LogP contribution is 2.44. The molecular formula is C24H15N3O3S2. The van der Waals surface area contributed by atoms with E-state index < -0.39 is 4.92 Å². The summed E-state index contributed by atoms with van der Waals surface area (Å²) in [6, 6.07) is 26.6. The Hall–Kier alpha value is -3.93. The SMILES string of the molecule is N#Cc1c(Sc2ccccc2)sc(C(=O)c2ccccc2)c1Nc1ccc([N+](=O)[O-])cc1. The van der Waals surface area contributed by atoms with Gasteiger partial charge >= 0.3 is 0 Å². The molecule has 0 aliphatic carbocycles. The minimum Gasteiger partial charge on any atom is -0.353 e. The van der Waals surface area contributed by atoms with Gasteiger partial charge in [-0.25, -0.2) is 0 Å². The minimum atomic E-state index is -0.478. The Labute approximate surface area is 192 Å². The highest BCUT2D eigenvalue weighted by molar-refractivity contribution is 8.01. The summed E-state index contributed by atoms with van der Waals surface area (Å²) in [7, 11) is 0. The number of non-ortho nitro benzene ring substituents is 1. The fraction of sp³-hybridized carbons (Fsp3) is 0. The second kappa shape index (κ2) is 9.47. The van der Waals surface area contributed by atoms with Gasteiger partial charge in [-0.2, -0.15) is 5.26 Å². The predicted molar refractivity (Wildman–Crippen MR) is 126 cm³/mol. The van der Waals surface area contributed by atoms with Gasteiger partial charge in [0.2, 0.25) is 5.78 Å². The summed E-state index contributed by atoms with van der Waals surface area (Å²) in [5.74, 6) is -0.198. The molecule has 0 atom stereocenters. The van der Waals surface area contributed by atoms with Gasteiger partial charge in [0.25, 0.3) is 5.69 Å². The smallest absolute Gasteiger partial charge is 0.269 e. The van der Waals surface area contributed by atoms with E-state index in [0.29, 0.717) is 31.6 Å². The van der Waals surface area contributed by atoms with Crippen molar-refractivity contribution < 1.29 is 9.72 Å². The number of nitrogens with zero attached hydrogens (tertiary/aromatic N) is 2. The monoisotopic (exact) mass is 457 g/mol. The molecule has 0 saturated heterocycles. The lowest BCUT2D eigenvalue weighted by Crippen LogP contribution is -2.03. The van der Waals surface area contributed by atoms with Crippen LogP contribution < -0.4 is 5.32 Å². The number of benzene rings is 3. The Balaban J connectivity index is 1.78. The number of hydrogen-bond donors (Lipinski definition) is 1. The molecule has 32 heavy (non-hydrogen) atoms. The predicted octanol–water partition coefficient (Wildman–Crippen LogP) is 6.65. The molecule has 1 N–H and O–H groups in total. The maximum atomic E-state index is 13.3. The Morgan fingerprint density at radius 2 is 1.59 bits per heavy atom. The van der Waals surface area contributed by atoms with Crippen LogP contribution in [0.5, 0.6) is 0 Å². The summed E-state index contributed by atoms with van der Waals surface area (Å²) in [5.41, 5.74) is 1.78. The molecule has 0 bridgehead atoms. The molecule has 0 aliphatic rings. The molecule has 0 spiro atoms. The topological polar surface area (TPSA) is 96.0 Å². The van der Waals surface area contributed by atoms with Crippen molar-refractivity contribution in [3.63, 3.8) is 0 Å². The first-order chi connectivity index (χ1) is 15.6. The summed E-state index contributed by atoms with van der Waals surface area (Å²) >= 11 is 2.67. The summed E-state index contributed by atoms with van der Waals surface area (Å²) in [4.78, 5) is 25.1. The molecule has 0 aliphatic heterocycles. The number of rotatable bonds is 7. The second-order valence-corrected chi connectivity index (χ2v) is 8.98. The maximum Gasteiger partial charge on any atom is 0.269 e. The molecule has 4 rings (SSSR count). The normalized spacial score (nSPS) is 10.3. The van der Waals surface area contributed by atoms with Crippen LogP contribution in [0.25, 0.3) is 0 Å². The number of nitro groups is 1. The zero-order valence-corrected chi connectivity index (χ0v) is 18.2. The fourth-order valence-electron chi connectivity index (χ4n) is 2.99. The maximum absolute atomic E-state index is 13.3. The molecule has 6 nitrogen and oxygen atoms in total. The zero-order chi connectivity index (χ0) is 22.5. The molecule has 1 aromatic heterocycles. The molecule has 156 valence electrons. The van der Waals surface area contributed by atoms with Crippen molar-refractivity contribution in [1.82, 2.24) is 0 Å². The van der Waals surface area contributed by atoms with Crippen LogP contribution in [-0.4, -0.2) is 10.7 Å². The number of hydrogen-bond acceptors (Lipinski definition) is 7. The summed E-state index contributed by atoms with van der Waals surface area (Å²) < 4.78 is 0.697. The van der Waals surface area contributed by atoms with Crippen LogP contribution in [0.2, 0.25) is 0 Å². The van der Waals surface area contributed by atoms with E-state index in [9.17, 15) is 20.2 Å². The molecule has 0 amide bonds. The number of thiophene rings is 1. The molecule has 0 radical (unpaired) electrons. The number of nitro benzene ring substituents is 1. The standard InChI is InChI=1S/C24H15N3O3S2/c25-15-20-21(26-17-11-13-18(14-12-17)27(29)30)23(22(28)16-7-3-1-4-8-16)32-24(20)31-19-9-5-2-6-10-19/h1-14,26H. The molecule has 0 saturated carbocycles. The van der Waals surface area contributed by atoms with Crippen molar-refractivity contribution in [1.29, 1.82) is 5.26 Å². The van der Waals surface area contributed by atoms with Gasteiger partial charge in [0, 0.05) is 28.3 Å². The third-order valence-corrected chi connectivity index (χ3v) is 6.91. The Morgan fingerprint density at radius 3 is 2.19 bits per heavy atom. The van der Waals surface area contributed by atoms with Crippen LogP contribution in [0.15, 0.2) is 94.0 Å². The Bertz CT molecular complexity index is 1310. The van der Waals surface area contributed by atoms with Gasteiger partial charge in [-0.1, -0.05) is 60.3 Å². The first-order valence-corrected chi connectivity index (χ1v) is 11.1. The molecule has 3 aromatic carbocycles. The van der Waals surface area contributed by atoms with E-state index in [2.05, 4.69) is 11.4 Å². The highest BCUT2D eigenvalue weighted by Gasteiger charge is 2.25. The van der Waals surface area contributed by atoms with Crippen LogP contribution in [-0.2, 0) is 0 Å². The summed E-state index contributed by atoms with van der Waals surface area (Å²) in [6.07, 6.45) is 0. The van der Waals surface area contributed by atoms with Crippen molar-refractivity contribution in [2.24, 2.45) is 0 Å². The van der Waals surface area contributed by atoms with Crippen molar-refractivity contribution in [2.75, 3.05) is 5.32 Å². The van der Waals surface area contributed by atoms with Gasteiger partial charge < -0.3 is 5.32 Å². The Kier molecular flexibility index (Phi) is 6.31. The van der Waals surface area contributed by atoms with Crippen LogP contribution in [0.4, 0.5) is 17.1 Å². The number of nitriles is 1. The lowest BCUT2D eigenvalue weighted by atomic mass is 10.1. The number of carbonyl (C=O) groups is 1. The number of anilines is 2. The van der Waals surface area contributed by atoms with E-state index >= 15 is 0 Å². The quantitative estimate of drug-likeness (QED) is 0.189. The fourth-order valence-corrected chi connectivity index (χ4v) is 5.35. The van der Waals surface area contributed by atoms with Crippen LogP contribution in [0, 0.1) is 21.4 Å². The number of nitrogens with one attached hydrogen (secondary N) is 1. The molecule has 0 unspecified atom stereocenters. The van der Waals surface area contributed by atoms with Gasteiger partial charge in [-0.3, -0.25) is 14.9 Å². The van der Waals surface area contributed by atoms with E-state index in [1.807, 2.05) is 36.4 Å². The number of ketones is 1. The van der Waals surface area contributed by atoms with Gasteiger partial charge in [-0.05, 0) is 24.3 Å². The van der Waals surface area contributed by atoms with Crippen LogP contribution in [0.1, 0.15) is 20.8 Å². The first kappa shape index (κ1) is 21.3. The highest BCUT2D eigenvalue weighted by atomic mass is 32.2. The van der Waals surface area contributed by atoms with Crippen molar-refractivity contribution >= 4 is 45.9 Å². The average molecular weight is 458 g/mol. The van der Waals surface area contributed by atoms with E-state index in [-0.39, 0.29) is 11.5 Å². The van der Waals surface area contributed by atoms with E-state index in [0.717, 1.165) is 4.90 Å². The summed E-state index contributed by atoms with van der Waals surface area (Å²) in [5, 5.41) is 24.0.